The van der Waals surface area contributed by atoms with Gasteiger partial charge in [-0.2, -0.15) is 0 Å². The molecule has 7 nitrogen and oxygen atoms in total. The maximum Gasteiger partial charge on any atom is 0.220 e. The van der Waals surface area contributed by atoms with Crippen LogP contribution in [0.15, 0.2) is 0 Å². The van der Waals surface area contributed by atoms with Crippen molar-refractivity contribution in [3.8, 4) is 0 Å². The molecule has 2 fully saturated rings. The largest absolute Gasteiger partial charge is 0.356 e. The average molecular weight is 516 g/mol. The smallest absolute Gasteiger partial charge is 0.220 e. The number of ether oxygens (including phenoxy) is 4. The number of hydrogen-bond donors (Lipinski definition) is 1. The Morgan fingerprint density at radius 3 is 2.00 bits per heavy atom. The predicted octanol–water partition coefficient (Wildman–Crippen LogP) is 4.87. The first-order chi connectivity index (χ1) is 16.6. The summed E-state index contributed by atoms with van der Waals surface area (Å²) in [7, 11) is 0. The quantitative estimate of drug-likeness (QED) is 0.371. The molecule has 10 atom stereocenters. The zero-order valence-electron chi connectivity index (χ0n) is 23.1. The Morgan fingerprint density at radius 1 is 0.829 bits per heavy atom. The molecule has 0 spiro atoms. The number of hydrogen-bond acceptors (Lipinski definition) is 7. The highest BCUT2D eigenvalue weighted by Crippen LogP contribution is 2.39. The first kappa shape index (κ1) is 30.6. The molecular formula is C27H49NO6S. The van der Waals surface area contributed by atoms with Crippen molar-refractivity contribution in [1.29, 1.82) is 0 Å². The molecule has 0 aliphatic carbocycles. The lowest BCUT2D eigenvalue weighted by atomic mass is 9.78. The number of rotatable bonds is 12. The minimum atomic E-state index is -0.287. The standard InChI is InChI=1S/C27H49NO6S/c1-9-23-18(4)16(2)21(7)27(33-23)32-15-24-19(5)17(3)20(6)26(34-24)31-13-10-12-28-25(30)11-14-35-22(8)29/h16-21,23-24,26-27H,9-15H2,1-8H3,(H,28,30)/t16-,17-,18-,19-,20?,21?,23?,24?,26+,27+/m0/s1. The Labute approximate surface area is 217 Å². The molecule has 2 rings (SSSR count). The number of carbonyl (C=O) groups excluding carboxylic acids is 2. The van der Waals surface area contributed by atoms with Crippen LogP contribution in [-0.2, 0) is 28.5 Å². The van der Waals surface area contributed by atoms with Gasteiger partial charge in [-0.05, 0) is 36.5 Å². The van der Waals surface area contributed by atoms with Crippen molar-refractivity contribution in [1.82, 2.24) is 5.32 Å². The summed E-state index contributed by atoms with van der Waals surface area (Å²) in [4.78, 5) is 22.8. The van der Waals surface area contributed by atoms with Crippen molar-refractivity contribution in [2.24, 2.45) is 35.5 Å². The number of amides is 1. The van der Waals surface area contributed by atoms with E-state index in [1.165, 1.54) is 18.7 Å². The molecule has 0 radical (unpaired) electrons. The molecule has 0 aromatic heterocycles. The zero-order chi connectivity index (χ0) is 26.1. The second-order valence-corrected chi connectivity index (χ2v) is 11.9. The molecule has 4 unspecified atom stereocenters. The van der Waals surface area contributed by atoms with Crippen molar-refractivity contribution in [2.75, 3.05) is 25.5 Å². The van der Waals surface area contributed by atoms with Crippen LogP contribution in [0, 0.1) is 35.5 Å². The van der Waals surface area contributed by atoms with Crippen molar-refractivity contribution in [2.45, 2.75) is 99.4 Å². The van der Waals surface area contributed by atoms with E-state index in [1.54, 1.807) is 0 Å². The van der Waals surface area contributed by atoms with Gasteiger partial charge in [-0.3, -0.25) is 9.59 Å². The highest BCUT2D eigenvalue weighted by molar-refractivity contribution is 8.13. The molecule has 2 heterocycles. The summed E-state index contributed by atoms with van der Waals surface area (Å²) < 4.78 is 25.1. The minimum absolute atomic E-state index is 0.0334. The van der Waals surface area contributed by atoms with Crippen LogP contribution < -0.4 is 5.32 Å². The topological polar surface area (TPSA) is 83.1 Å². The van der Waals surface area contributed by atoms with E-state index in [0.29, 0.717) is 67.9 Å². The highest BCUT2D eigenvalue weighted by atomic mass is 32.2. The fraction of sp³-hybridized carbons (Fsp3) is 0.926. The van der Waals surface area contributed by atoms with E-state index >= 15 is 0 Å². The predicted molar refractivity (Wildman–Crippen MR) is 140 cm³/mol. The highest BCUT2D eigenvalue weighted by Gasteiger charge is 2.42. The van der Waals surface area contributed by atoms with Gasteiger partial charge in [-0.15, -0.1) is 0 Å². The van der Waals surface area contributed by atoms with Gasteiger partial charge in [-0.1, -0.05) is 60.2 Å². The van der Waals surface area contributed by atoms with Gasteiger partial charge in [0.1, 0.15) is 0 Å². The number of carbonyl (C=O) groups is 2. The molecule has 0 bridgehead atoms. The third-order valence-electron chi connectivity index (χ3n) is 8.35. The van der Waals surface area contributed by atoms with Gasteiger partial charge in [0.25, 0.3) is 0 Å². The molecule has 35 heavy (non-hydrogen) atoms. The average Bonchev–Trinajstić information content (AvgIpc) is 2.82. The number of nitrogens with one attached hydrogen (secondary N) is 1. The molecule has 0 aromatic rings. The Kier molecular flexibility index (Phi) is 13.0. The zero-order valence-corrected chi connectivity index (χ0v) is 23.9. The molecule has 1 amide bonds. The normalized spacial score (nSPS) is 37.7. The Hall–Kier alpha value is -0.670. The molecule has 2 aliphatic heterocycles. The molecule has 1 N–H and O–H groups in total. The van der Waals surface area contributed by atoms with Crippen LogP contribution in [0.5, 0.6) is 0 Å². The first-order valence-corrected chi connectivity index (χ1v) is 14.5. The molecule has 2 aliphatic rings. The molecule has 2 saturated heterocycles. The van der Waals surface area contributed by atoms with E-state index in [9.17, 15) is 9.59 Å². The van der Waals surface area contributed by atoms with E-state index in [2.05, 4.69) is 53.8 Å². The Balaban J connectivity index is 1.77. The van der Waals surface area contributed by atoms with E-state index in [0.717, 1.165) is 6.42 Å². The first-order valence-electron chi connectivity index (χ1n) is 13.5. The second-order valence-electron chi connectivity index (χ2n) is 10.6. The van der Waals surface area contributed by atoms with Crippen LogP contribution in [0.3, 0.4) is 0 Å². The molecule has 204 valence electrons. The maximum atomic E-state index is 11.8. The molecular weight excluding hydrogens is 466 g/mol. The van der Waals surface area contributed by atoms with Gasteiger partial charge in [0.2, 0.25) is 5.91 Å². The van der Waals surface area contributed by atoms with Crippen molar-refractivity contribution in [3.05, 3.63) is 0 Å². The molecule has 0 saturated carbocycles. The Bertz CT molecular complexity index is 662. The summed E-state index contributed by atoms with van der Waals surface area (Å²) in [6.07, 6.45) is 1.76. The van der Waals surface area contributed by atoms with Crippen molar-refractivity contribution in [3.63, 3.8) is 0 Å². The van der Waals surface area contributed by atoms with Crippen molar-refractivity contribution < 1.29 is 28.5 Å². The van der Waals surface area contributed by atoms with Crippen LogP contribution in [0.25, 0.3) is 0 Å². The summed E-state index contributed by atoms with van der Waals surface area (Å²) >= 11 is 1.18. The van der Waals surface area contributed by atoms with Gasteiger partial charge >= 0.3 is 0 Å². The fourth-order valence-electron chi connectivity index (χ4n) is 5.08. The third-order valence-corrected chi connectivity index (χ3v) is 9.17. The summed E-state index contributed by atoms with van der Waals surface area (Å²) in [5.41, 5.74) is 0. The third kappa shape index (κ3) is 8.99. The van der Waals surface area contributed by atoms with Crippen molar-refractivity contribution >= 4 is 22.8 Å². The molecule has 8 heteroatoms. The maximum absolute atomic E-state index is 11.8. The lowest BCUT2D eigenvalue weighted by Gasteiger charge is -2.46. The SMILES string of the molecule is CCC1O[C@@H](OCC2O[C@@H](OCCCNC(=O)CCSC(C)=O)C(C)[C@@H](C)[C@@H]2C)C(C)[C@@H](C)[C@@H]1C. The van der Waals surface area contributed by atoms with Gasteiger partial charge < -0.3 is 24.3 Å². The van der Waals surface area contributed by atoms with E-state index in [-0.39, 0.29) is 41.7 Å². The lowest BCUT2D eigenvalue weighted by molar-refractivity contribution is -0.289. The summed E-state index contributed by atoms with van der Waals surface area (Å²) in [5, 5.41) is 2.92. The number of thioether (sulfide) groups is 1. The summed E-state index contributed by atoms with van der Waals surface area (Å²) in [6, 6.07) is 0. The fourth-order valence-corrected chi connectivity index (χ4v) is 5.65. The van der Waals surface area contributed by atoms with Gasteiger partial charge in [0.15, 0.2) is 17.7 Å². The van der Waals surface area contributed by atoms with E-state index in [4.69, 9.17) is 18.9 Å². The lowest BCUT2D eigenvalue weighted by Crippen LogP contribution is -2.50. The summed E-state index contributed by atoms with van der Waals surface area (Å²) in [5.74, 6) is 2.97. The van der Waals surface area contributed by atoms with E-state index < -0.39 is 0 Å². The van der Waals surface area contributed by atoms with Crippen LogP contribution >= 0.6 is 11.8 Å². The van der Waals surface area contributed by atoms with Gasteiger partial charge in [-0.25, -0.2) is 0 Å². The minimum Gasteiger partial charge on any atom is -0.356 e. The molecule has 0 aromatic carbocycles. The van der Waals surface area contributed by atoms with Gasteiger partial charge in [0.05, 0.1) is 25.4 Å². The monoisotopic (exact) mass is 515 g/mol. The second kappa shape index (κ2) is 14.9. The van der Waals surface area contributed by atoms with Crippen LogP contribution in [0.1, 0.15) is 74.7 Å². The van der Waals surface area contributed by atoms with Crippen LogP contribution in [-0.4, -0.2) is 61.3 Å². The van der Waals surface area contributed by atoms with E-state index in [1.807, 2.05) is 0 Å². The summed E-state index contributed by atoms with van der Waals surface area (Å²) in [6.45, 7) is 18.7. The van der Waals surface area contributed by atoms with Crippen LogP contribution in [0.4, 0.5) is 0 Å². The Morgan fingerprint density at radius 2 is 1.40 bits per heavy atom. The van der Waals surface area contributed by atoms with Crippen LogP contribution in [0.2, 0.25) is 0 Å². The van der Waals surface area contributed by atoms with Gasteiger partial charge in [0, 0.05) is 37.5 Å².